The van der Waals surface area contributed by atoms with Crippen molar-refractivity contribution in [3.8, 4) is 0 Å². The van der Waals surface area contributed by atoms with Gasteiger partial charge in [0, 0.05) is 11.5 Å². The van der Waals surface area contributed by atoms with Crippen LogP contribution in [0.25, 0.3) is 0 Å². The fourth-order valence-corrected chi connectivity index (χ4v) is 3.46. The molecule has 3 rings (SSSR count). The molecule has 6 nitrogen and oxygen atoms in total. The van der Waals surface area contributed by atoms with E-state index in [4.69, 9.17) is 9.47 Å². The molecular formula is C19H25NO5. The minimum absolute atomic E-state index is 0.0422. The van der Waals surface area contributed by atoms with E-state index < -0.39 is 23.7 Å². The lowest BCUT2D eigenvalue weighted by molar-refractivity contribution is -0.150. The van der Waals surface area contributed by atoms with Gasteiger partial charge < -0.3 is 14.6 Å². The molecule has 1 aromatic rings. The summed E-state index contributed by atoms with van der Waals surface area (Å²) in [5, 5.41) is 9.68. The van der Waals surface area contributed by atoms with Crippen LogP contribution in [0.2, 0.25) is 0 Å². The standard InChI is InChI=1S/C19H25NO5/c1-18(2,3)25-17(23)20-14(9-19(12-21)10-15(19)20)16(22)24-11-13-7-5-4-6-8-13/h4-8,14-15,21H,9-12H2,1-3H3/t14-,15?,19-/m0/s1. The third-order valence-electron chi connectivity index (χ3n) is 4.83. The Bertz CT molecular complexity index is 654. The number of hydrogen-bond acceptors (Lipinski definition) is 5. The van der Waals surface area contributed by atoms with E-state index in [-0.39, 0.29) is 24.7 Å². The van der Waals surface area contributed by atoms with E-state index in [0.29, 0.717) is 12.8 Å². The van der Waals surface area contributed by atoms with Gasteiger partial charge in [0.2, 0.25) is 0 Å². The van der Waals surface area contributed by atoms with Crippen molar-refractivity contribution >= 4 is 12.1 Å². The van der Waals surface area contributed by atoms with E-state index >= 15 is 0 Å². The van der Waals surface area contributed by atoms with Crippen molar-refractivity contribution in [2.45, 2.75) is 57.9 Å². The van der Waals surface area contributed by atoms with Gasteiger partial charge in [0.05, 0.1) is 6.61 Å². The Morgan fingerprint density at radius 1 is 1.24 bits per heavy atom. The second kappa shape index (κ2) is 6.33. The number of ether oxygens (including phenoxy) is 2. The Labute approximate surface area is 147 Å². The lowest BCUT2D eigenvalue weighted by atomic mass is 10.0. The van der Waals surface area contributed by atoms with Crippen molar-refractivity contribution in [3.63, 3.8) is 0 Å². The molecule has 1 saturated carbocycles. The number of amides is 1. The lowest BCUT2D eigenvalue weighted by Gasteiger charge is -2.29. The first-order valence-corrected chi connectivity index (χ1v) is 8.58. The van der Waals surface area contributed by atoms with Crippen LogP contribution in [0, 0.1) is 5.41 Å². The van der Waals surface area contributed by atoms with Crippen LogP contribution in [-0.4, -0.2) is 46.4 Å². The number of carbonyl (C=O) groups excluding carboxylic acids is 2. The van der Waals surface area contributed by atoms with Crippen LogP contribution < -0.4 is 0 Å². The molecule has 25 heavy (non-hydrogen) atoms. The maximum atomic E-state index is 12.6. The molecule has 0 bridgehead atoms. The second-order valence-corrected chi connectivity index (χ2v) is 7.94. The summed E-state index contributed by atoms with van der Waals surface area (Å²) in [6.45, 7) is 5.48. The SMILES string of the molecule is CC(C)(C)OC(=O)N1C2C[C@]2(CO)C[C@H]1C(=O)OCc1ccccc1. The van der Waals surface area contributed by atoms with Crippen molar-refractivity contribution in [2.24, 2.45) is 5.41 Å². The Hall–Kier alpha value is -2.08. The van der Waals surface area contributed by atoms with Crippen LogP contribution in [0.5, 0.6) is 0 Å². The number of carbonyl (C=O) groups is 2. The van der Waals surface area contributed by atoms with Gasteiger partial charge in [-0.3, -0.25) is 4.90 Å². The number of esters is 1. The highest BCUT2D eigenvalue weighted by Crippen LogP contribution is 2.59. The molecule has 6 heteroatoms. The van der Waals surface area contributed by atoms with Gasteiger partial charge >= 0.3 is 12.1 Å². The van der Waals surface area contributed by atoms with Crippen LogP contribution in [0.4, 0.5) is 4.79 Å². The molecular weight excluding hydrogens is 322 g/mol. The highest BCUT2D eigenvalue weighted by atomic mass is 16.6. The number of aliphatic hydroxyl groups is 1. The number of fused-ring (bicyclic) bond motifs is 1. The fraction of sp³-hybridized carbons (Fsp3) is 0.579. The Kier molecular flexibility index (Phi) is 4.49. The lowest BCUT2D eigenvalue weighted by Crippen LogP contribution is -2.46. The van der Waals surface area contributed by atoms with Gasteiger partial charge in [0.25, 0.3) is 0 Å². The third kappa shape index (κ3) is 3.63. The highest BCUT2D eigenvalue weighted by Gasteiger charge is 2.68. The van der Waals surface area contributed by atoms with E-state index in [1.54, 1.807) is 20.8 Å². The number of benzene rings is 1. The molecule has 1 unspecified atom stereocenters. The van der Waals surface area contributed by atoms with E-state index in [1.165, 1.54) is 4.90 Å². The van der Waals surface area contributed by atoms with Gasteiger partial charge in [0.1, 0.15) is 18.2 Å². The van der Waals surface area contributed by atoms with E-state index in [9.17, 15) is 14.7 Å². The summed E-state index contributed by atoms with van der Waals surface area (Å²) >= 11 is 0. The average molecular weight is 347 g/mol. The van der Waals surface area contributed by atoms with Crippen molar-refractivity contribution in [3.05, 3.63) is 35.9 Å². The molecule has 1 heterocycles. The van der Waals surface area contributed by atoms with Gasteiger partial charge in [0.15, 0.2) is 0 Å². The molecule has 0 radical (unpaired) electrons. The monoisotopic (exact) mass is 347 g/mol. The summed E-state index contributed by atoms with van der Waals surface area (Å²) in [4.78, 5) is 26.6. The van der Waals surface area contributed by atoms with Crippen molar-refractivity contribution in [2.75, 3.05) is 6.61 Å². The predicted molar refractivity (Wildman–Crippen MR) is 90.6 cm³/mol. The predicted octanol–water partition coefficient (Wildman–Crippen LogP) is 2.49. The Morgan fingerprint density at radius 2 is 1.92 bits per heavy atom. The maximum absolute atomic E-state index is 12.6. The molecule has 2 fully saturated rings. The van der Waals surface area contributed by atoms with Crippen LogP contribution in [0.15, 0.2) is 30.3 Å². The molecule has 2 aliphatic rings. The molecule has 0 aromatic heterocycles. The van der Waals surface area contributed by atoms with E-state index in [0.717, 1.165) is 5.56 Å². The fourth-order valence-electron chi connectivity index (χ4n) is 3.46. The zero-order valence-electron chi connectivity index (χ0n) is 14.9. The number of nitrogens with zero attached hydrogens (tertiary/aromatic N) is 1. The first-order chi connectivity index (χ1) is 11.8. The van der Waals surface area contributed by atoms with Crippen LogP contribution >= 0.6 is 0 Å². The molecule has 1 amide bonds. The molecule has 0 spiro atoms. The van der Waals surface area contributed by atoms with Crippen molar-refractivity contribution in [1.29, 1.82) is 0 Å². The van der Waals surface area contributed by atoms with Gasteiger partial charge in [-0.05, 0) is 39.2 Å². The normalized spacial score (nSPS) is 27.6. The largest absolute Gasteiger partial charge is 0.459 e. The number of hydrogen-bond donors (Lipinski definition) is 1. The van der Waals surface area contributed by atoms with Gasteiger partial charge in [-0.2, -0.15) is 0 Å². The third-order valence-corrected chi connectivity index (χ3v) is 4.83. The number of aliphatic hydroxyl groups excluding tert-OH is 1. The topological polar surface area (TPSA) is 76.1 Å². The smallest absolute Gasteiger partial charge is 0.411 e. The summed E-state index contributed by atoms with van der Waals surface area (Å²) < 4.78 is 10.9. The molecule has 1 N–H and O–H groups in total. The molecule has 1 aliphatic heterocycles. The van der Waals surface area contributed by atoms with Crippen molar-refractivity contribution in [1.82, 2.24) is 4.90 Å². The van der Waals surface area contributed by atoms with Gasteiger partial charge in [-0.15, -0.1) is 0 Å². The Morgan fingerprint density at radius 3 is 2.52 bits per heavy atom. The van der Waals surface area contributed by atoms with E-state index in [1.807, 2.05) is 30.3 Å². The van der Waals surface area contributed by atoms with Crippen LogP contribution in [0.3, 0.4) is 0 Å². The van der Waals surface area contributed by atoms with Crippen LogP contribution in [0.1, 0.15) is 39.2 Å². The zero-order chi connectivity index (χ0) is 18.2. The summed E-state index contributed by atoms with van der Waals surface area (Å²) in [5.74, 6) is -0.449. The van der Waals surface area contributed by atoms with Gasteiger partial charge in [-0.25, -0.2) is 9.59 Å². The summed E-state index contributed by atoms with van der Waals surface area (Å²) in [5.41, 5.74) is -0.137. The maximum Gasteiger partial charge on any atom is 0.411 e. The summed E-state index contributed by atoms with van der Waals surface area (Å²) in [6, 6.07) is 8.54. The average Bonchev–Trinajstić information content (AvgIpc) is 3.16. The first kappa shape index (κ1) is 17.7. The molecule has 1 aliphatic carbocycles. The summed E-state index contributed by atoms with van der Waals surface area (Å²) in [6.07, 6.45) is 0.596. The minimum atomic E-state index is -0.704. The molecule has 1 aromatic carbocycles. The zero-order valence-corrected chi connectivity index (χ0v) is 14.9. The number of rotatable bonds is 4. The first-order valence-electron chi connectivity index (χ1n) is 8.58. The number of likely N-dealkylation sites (tertiary alicyclic amines) is 1. The minimum Gasteiger partial charge on any atom is -0.459 e. The molecule has 3 atom stereocenters. The van der Waals surface area contributed by atoms with Crippen molar-refractivity contribution < 1.29 is 24.2 Å². The Balaban J connectivity index is 1.69. The number of piperidine rings is 1. The molecule has 136 valence electrons. The van der Waals surface area contributed by atoms with Gasteiger partial charge in [-0.1, -0.05) is 30.3 Å². The van der Waals surface area contributed by atoms with Crippen LogP contribution in [-0.2, 0) is 20.9 Å². The highest BCUT2D eigenvalue weighted by molar-refractivity contribution is 5.83. The second-order valence-electron chi connectivity index (χ2n) is 7.94. The van der Waals surface area contributed by atoms with E-state index in [2.05, 4.69) is 0 Å². The summed E-state index contributed by atoms with van der Waals surface area (Å²) in [7, 11) is 0. The quantitative estimate of drug-likeness (QED) is 0.847. The molecule has 1 saturated heterocycles.